The standard InChI is InChI=1S/C21H19ClN4O3/c22-15-5-3-7-18-13(15)8-10-26(18)11-9-23-19(27)12-17-21(29)24-16-6-2-1-4-14(16)20(28)25-17/h1-8,10,17H,9,11-12H2,(H,23,27)(H,24,29)(H,25,28)/t17-/m0/s1. The van der Waals surface area contributed by atoms with E-state index in [1.165, 1.54) is 0 Å². The summed E-state index contributed by atoms with van der Waals surface area (Å²) in [6.45, 7) is 0.946. The number of aromatic nitrogens is 1. The van der Waals surface area contributed by atoms with Gasteiger partial charge in [0, 0.05) is 35.2 Å². The maximum Gasteiger partial charge on any atom is 0.254 e. The Morgan fingerprint density at radius 1 is 1.10 bits per heavy atom. The van der Waals surface area contributed by atoms with Gasteiger partial charge in [-0.15, -0.1) is 0 Å². The van der Waals surface area contributed by atoms with Gasteiger partial charge in [0.1, 0.15) is 6.04 Å². The molecule has 0 fully saturated rings. The van der Waals surface area contributed by atoms with Crippen LogP contribution in [0.3, 0.4) is 0 Å². The minimum Gasteiger partial charge on any atom is -0.354 e. The van der Waals surface area contributed by atoms with Gasteiger partial charge in [-0.1, -0.05) is 29.8 Å². The zero-order chi connectivity index (χ0) is 20.4. The molecule has 29 heavy (non-hydrogen) atoms. The van der Waals surface area contributed by atoms with Crippen molar-refractivity contribution < 1.29 is 14.4 Å². The average molecular weight is 411 g/mol. The van der Waals surface area contributed by atoms with Crippen LogP contribution in [-0.2, 0) is 16.1 Å². The highest BCUT2D eigenvalue weighted by molar-refractivity contribution is 6.35. The quantitative estimate of drug-likeness (QED) is 0.603. The Morgan fingerprint density at radius 3 is 2.79 bits per heavy atom. The first-order valence-corrected chi connectivity index (χ1v) is 9.61. The van der Waals surface area contributed by atoms with E-state index in [4.69, 9.17) is 11.6 Å². The fourth-order valence-corrected chi connectivity index (χ4v) is 3.64. The summed E-state index contributed by atoms with van der Waals surface area (Å²) in [6.07, 6.45) is 1.78. The Labute approximate surface area is 172 Å². The molecular weight excluding hydrogens is 392 g/mol. The number of nitrogens with zero attached hydrogens (tertiary/aromatic N) is 1. The van der Waals surface area contributed by atoms with E-state index in [1.807, 2.05) is 35.0 Å². The molecule has 0 spiro atoms. The lowest BCUT2D eigenvalue weighted by Crippen LogP contribution is -2.44. The van der Waals surface area contributed by atoms with Crippen LogP contribution in [0.25, 0.3) is 10.9 Å². The highest BCUT2D eigenvalue weighted by Gasteiger charge is 2.29. The highest BCUT2D eigenvalue weighted by atomic mass is 35.5. The number of carbonyl (C=O) groups excluding carboxylic acids is 3. The molecule has 0 radical (unpaired) electrons. The third kappa shape index (κ3) is 3.95. The van der Waals surface area contributed by atoms with Gasteiger partial charge in [-0.25, -0.2) is 0 Å². The van der Waals surface area contributed by atoms with Crippen LogP contribution in [0.15, 0.2) is 54.7 Å². The number of hydrogen-bond donors (Lipinski definition) is 3. The van der Waals surface area contributed by atoms with Gasteiger partial charge in [0.2, 0.25) is 11.8 Å². The molecule has 1 aliphatic rings. The predicted molar refractivity (Wildman–Crippen MR) is 111 cm³/mol. The average Bonchev–Trinajstić information content (AvgIpc) is 3.07. The number of hydrogen-bond acceptors (Lipinski definition) is 3. The lowest BCUT2D eigenvalue weighted by atomic mass is 10.1. The topological polar surface area (TPSA) is 92.2 Å². The van der Waals surface area contributed by atoms with Crippen molar-refractivity contribution >= 4 is 45.9 Å². The van der Waals surface area contributed by atoms with Crippen molar-refractivity contribution in [2.75, 3.05) is 11.9 Å². The first kappa shape index (κ1) is 19.0. The summed E-state index contributed by atoms with van der Waals surface area (Å²) >= 11 is 6.18. The second kappa shape index (κ2) is 7.97. The maximum absolute atomic E-state index is 12.4. The molecule has 1 atom stereocenters. The third-order valence-electron chi connectivity index (χ3n) is 4.88. The van der Waals surface area contributed by atoms with E-state index in [9.17, 15) is 14.4 Å². The van der Waals surface area contributed by atoms with Crippen molar-refractivity contribution in [3.05, 3.63) is 65.3 Å². The fourth-order valence-electron chi connectivity index (χ4n) is 3.41. The fraction of sp³-hybridized carbons (Fsp3) is 0.190. The first-order chi connectivity index (χ1) is 14.0. The molecular formula is C21H19ClN4O3. The van der Waals surface area contributed by atoms with Crippen LogP contribution in [0, 0.1) is 0 Å². The van der Waals surface area contributed by atoms with Gasteiger partial charge >= 0.3 is 0 Å². The highest BCUT2D eigenvalue weighted by Crippen LogP contribution is 2.24. The number of rotatable bonds is 5. The molecule has 2 aromatic carbocycles. The van der Waals surface area contributed by atoms with Gasteiger partial charge in [0.25, 0.3) is 5.91 Å². The second-order valence-electron chi connectivity index (χ2n) is 6.80. The van der Waals surface area contributed by atoms with E-state index < -0.39 is 11.9 Å². The van der Waals surface area contributed by atoms with Crippen molar-refractivity contribution in [3.63, 3.8) is 0 Å². The molecule has 148 valence electrons. The van der Waals surface area contributed by atoms with Crippen molar-refractivity contribution in [1.29, 1.82) is 0 Å². The van der Waals surface area contributed by atoms with Gasteiger partial charge in [-0.3, -0.25) is 14.4 Å². The zero-order valence-corrected chi connectivity index (χ0v) is 16.2. The number of para-hydroxylation sites is 1. The van der Waals surface area contributed by atoms with Gasteiger partial charge in [0.05, 0.1) is 17.7 Å². The molecule has 7 nitrogen and oxygen atoms in total. The van der Waals surface area contributed by atoms with E-state index >= 15 is 0 Å². The van der Waals surface area contributed by atoms with Crippen molar-refractivity contribution in [1.82, 2.24) is 15.2 Å². The van der Waals surface area contributed by atoms with Gasteiger partial charge in [0.15, 0.2) is 0 Å². The predicted octanol–water partition coefficient (Wildman–Crippen LogP) is 2.55. The van der Waals surface area contributed by atoms with E-state index in [2.05, 4.69) is 16.0 Å². The van der Waals surface area contributed by atoms with Crippen molar-refractivity contribution in [3.8, 4) is 0 Å². The monoisotopic (exact) mass is 410 g/mol. The largest absolute Gasteiger partial charge is 0.354 e. The number of amides is 3. The molecule has 1 aliphatic heterocycles. The summed E-state index contributed by atoms with van der Waals surface area (Å²) in [7, 11) is 0. The van der Waals surface area contributed by atoms with Crippen LogP contribution in [-0.4, -0.2) is 34.9 Å². The van der Waals surface area contributed by atoms with Crippen LogP contribution >= 0.6 is 11.6 Å². The Kier molecular flexibility index (Phi) is 5.22. The molecule has 1 aromatic heterocycles. The minimum absolute atomic E-state index is 0.135. The van der Waals surface area contributed by atoms with E-state index in [0.29, 0.717) is 29.4 Å². The third-order valence-corrected chi connectivity index (χ3v) is 5.21. The summed E-state index contributed by atoms with van der Waals surface area (Å²) in [4.78, 5) is 37.0. The SMILES string of the molecule is O=C(C[C@@H]1NC(=O)c2ccccc2NC1=O)NCCn1ccc2c(Cl)cccc21. The summed E-state index contributed by atoms with van der Waals surface area (Å²) in [5.41, 5.74) is 1.80. The number of fused-ring (bicyclic) bond motifs is 2. The second-order valence-corrected chi connectivity index (χ2v) is 7.20. The van der Waals surface area contributed by atoms with E-state index in [1.54, 1.807) is 24.3 Å². The molecule has 3 amide bonds. The molecule has 3 aromatic rings. The Bertz CT molecular complexity index is 1110. The molecule has 3 N–H and O–H groups in total. The van der Waals surface area contributed by atoms with Crippen molar-refractivity contribution in [2.45, 2.75) is 19.0 Å². The number of carbonyl (C=O) groups is 3. The number of anilines is 1. The minimum atomic E-state index is -0.930. The summed E-state index contributed by atoms with van der Waals surface area (Å²) in [5, 5.41) is 9.75. The van der Waals surface area contributed by atoms with Gasteiger partial charge in [-0.2, -0.15) is 0 Å². The van der Waals surface area contributed by atoms with Gasteiger partial charge in [-0.05, 0) is 30.3 Å². The Balaban J connectivity index is 1.34. The molecule has 0 unspecified atom stereocenters. The Morgan fingerprint density at radius 2 is 1.93 bits per heavy atom. The molecule has 0 saturated heterocycles. The molecule has 8 heteroatoms. The van der Waals surface area contributed by atoms with E-state index in [0.717, 1.165) is 10.9 Å². The summed E-state index contributed by atoms with van der Waals surface area (Å²) in [6, 6.07) is 13.4. The van der Waals surface area contributed by atoms with Crippen LogP contribution < -0.4 is 16.0 Å². The van der Waals surface area contributed by atoms with Crippen LogP contribution in [0.1, 0.15) is 16.8 Å². The lowest BCUT2D eigenvalue weighted by molar-refractivity contribution is -0.125. The molecule has 0 saturated carbocycles. The smallest absolute Gasteiger partial charge is 0.254 e. The molecule has 0 bridgehead atoms. The normalized spacial score (nSPS) is 16.0. The summed E-state index contributed by atoms with van der Waals surface area (Å²) < 4.78 is 2.00. The van der Waals surface area contributed by atoms with Crippen LogP contribution in [0.5, 0.6) is 0 Å². The summed E-state index contributed by atoms with van der Waals surface area (Å²) in [5.74, 6) is -1.11. The number of halogens is 1. The van der Waals surface area contributed by atoms with Gasteiger partial charge < -0.3 is 20.5 Å². The number of benzene rings is 2. The first-order valence-electron chi connectivity index (χ1n) is 9.24. The van der Waals surface area contributed by atoms with Crippen LogP contribution in [0.4, 0.5) is 5.69 Å². The molecule has 2 heterocycles. The molecule has 0 aliphatic carbocycles. The number of nitrogens with one attached hydrogen (secondary N) is 3. The van der Waals surface area contributed by atoms with Crippen LogP contribution in [0.2, 0.25) is 5.02 Å². The zero-order valence-electron chi connectivity index (χ0n) is 15.4. The molecule has 4 rings (SSSR count). The lowest BCUT2D eigenvalue weighted by Gasteiger charge is -2.14. The Hall–Kier alpha value is -3.32. The maximum atomic E-state index is 12.4. The van der Waals surface area contributed by atoms with Crippen molar-refractivity contribution in [2.24, 2.45) is 0 Å². The van der Waals surface area contributed by atoms with E-state index in [-0.39, 0.29) is 18.2 Å².